The molecular formula is C24H25ClN4O3. The molecule has 0 spiro atoms. The normalized spacial score (nSPS) is 14.1. The molecule has 1 N–H and O–H groups in total. The summed E-state index contributed by atoms with van der Waals surface area (Å²) < 4.78 is 11.5. The summed E-state index contributed by atoms with van der Waals surface area (Å²) >= 11 is 5.81. The van der Waals surface area contributed by atoms with Crippen molar-refractivity contribution in [2.24, 2.45) is 5.92 Å². The van der Waals surface area contributed by atoms with E-state index in [1.807, 2.05) is 61.5 Å². The fourth-order valence-corrected chi connectivity index (χ4v) is 3.74. The first-order chi connectivity index (χ1) is 15.6. The van der Waals surface area contributed by atoms with Crippen LogP contribution < -0.4 is 19.7 Å². The quantitative estimate of drug-likeness (QED) is 0.532. The Kier molecular flexibility index (Phi) is 7.07. The van der Waals surface area contributed by atoms with Crippen LogP contribution in [0.5, 0.6) is 17.2 Å². The van der Waals surface area contributed by atoms with Gasteiger partial charge in [0.1, 0.15) is 11.5 Å². The number of hydrogen-bond donors (Lipinski definition) is 1. The average molecular weight is 453 g/mol. The summed E-state index contributed by atoms with van der Waals surface area (Å²) in [7, 11) is 0. The van der Waals surface area contributed by atoms with Crippen LogP contribution in [0.3, 0.4) is 0 Å². The van der Waals surface area contributed by atoms with Gasteiger partial charge in [-0.15, -0.1) is 10.2 Å². The Balaban J connectivity index is 1.36. The van der Waals surface area contributed by atoms with Crippen molar-refractivity contribution in [2.75, 3.05) is 29.9 Å². The molecule has 0 saturated carbocycles. The van der Waals surface area contributed by atoms with Crippen LogP contribution in [-0.4, -0.2) is 35.8 Å². The molecule has 1 aliphatic heterocycles. The number of nitrogens with zero attached hydrogens (tertiary/aromatic N) is 3. The van der Waals surface area contributed by atoms with Gasteiger partial charge in [-0.05, 0) is 68.3 Å². The summed E-state index contributed by atoms with van der Waals surface area (Å²) in [5.41, 5.74) is 0.650. The van der Waals surface area contributed by atoms with Gasteiger partial charge < -0.3 is 19.7 Å². The molecule has 32 heavy (non-hydrogen) atoms. The number of anilines is 2. The molecule has 0 atom stereocenters. The molecule has 2 heterocycles. The van der Waals surface area contributed by atoms with Gasteiger partial charge in [0.2, 0.25) is 5.91 Å². The van der Waals surface area contributed by atoms with E-state index in [4.69, 9.17) is 21.1 Å². The number of hydrogen-bond acceptors (Lipinski definition) is 6. The average Bonchev–Trinajstić information content (AvgIpc) is 2.82. The number of carbonyl (C=O) groups excluding carboxylic acids is 1. The van der Waals surface area contributed by atoms with E-state index < -0.39 is 0 Å². The van der Waals surface area contributed by atoms with E-state index >= 15 is 0 Å². The summed E-state index contributed by atoms with van der Waals surface area (Å²) in [5.74, 6) is 2.76. The number of benzene rings is 2. The van der Waals surface area contributed by atoms with Crippen molar-refractivity contribution in [3.05, 3.63) is 65.8 Å². The highest BCUT2D eigenvalue weighted by Gasteiger charge is 2.26. The van der Waals surface area contributed by atoms with Gasteiger partial charge in [-0.25, -0.2) is 0 Å². The van der Waals surface area contributed by atoms with E-state index in [0.717, 1.165) is 37.5 Å². The lowest BCUT2D eigenvalue weighted by Crippen LogP contribution is -2.38. The fraction of sp³-hybridized carbons (Fsp3) is 0.292. The van der Waals surface area contributed by atoms with Crippen LogP contribution in [0.25, 0.3) is 0 Å². The lowest BCUT2D eigenvalue weighted by Gasteiger charge is -2.31. The zero-order valence-electron chi connectivity index (χ0n) is 17.8. The number of nitrogens with one attached hydrogen (secondary N) is 1. The van der Waals surface area contributed by atoms with Crippen molar-refractivity contribution in [3.8, 4) is 17.2 Å². The highest BCUT2D eigenvalue weighted by molar-refractivity contribution is 6.29. The Hall–Kier alpha value is -3.32. The zero-order chi connectivity index (χ0) is 22.3. The molecule has 1 aliphatic rings. The Morgan fingerprint density at radius 1 is 1.03 bits per heavy atom. The molecule has 166 valence electrons. The van der Waals surface area contributed by atoms with Gasteiger partial charge in [-0.2, -0.15) is 0 Å². The minimum atomic E-state index is -0.0787. The Morgan fingerprint density at radius 3 is 2.44 bits per heavy atom. The monoisotopic (exact) mass is 452 g/mol. The van der Waals surface area contributed by atoms with E-state index in [-0.39, 0.29) is 11.8 Å². The van der Waals surface area contributed by atoms with Gasteiger partial charge in [0.15, 0.2) is 16.7 Å². The van der Waals surface area contributed by atoms with Crippen LogP contribution >= 0.6 is 11.6 Å². The van der Waals surface area contributed by atoms with E-state index in [1.165, 1.54) is 0 Å². The number of amides is 1. The molecule has 8 heteroatoms. The summed E-state index contributed by atoms with van der Waals surface area (Å²) in [6.07, 6.45) is 1.47. The Labute approximate surface area is 192 Å². The molecule has 7 nitrogen and oxygen atoms in total. The minimum Gasteiger partial charge on any atom is -0.494 e. The number of carbonyl (C=O) groups is 1. The number of halogens is 1. The third kappa shape index (κ3) is 5.48. The number of ether oxygens (including phenoxy) is 2. The molecule has 1 fully saturated rings. The number of piperidine rings is 1. The third-order valence-electron chi connectivity index (χ3n) is 5.32. The predicted octanol–water partition coefficient (Wildman–Crippen LogP) is 5.18. The van der Waals surface area contributed by atoms with Gasteiger partial charge in [0, 0.05) is 19.0 Å². The van der Waals surface area contributed by atoms with Crippen LogP contribution in [0.1, 0.15) is 19.8 Å². The molecule has 0 bridgehead atoms. The van der Waals surface area contributed by atoms with Gasteiger partial charge in [-0.3, -0.25) is 4.79 Å². The molecule has 1 amide bonds. The second kappa shape index (κ2) is 10.3. The first kappa shape index (κ1) is 21.9. The Morgan fingerprint density at radius 2 is 1.75 bits per heavy atom. The summed E-state index contributed by atoms with van der Waals surface area (Å²) in [6.45, 7) is 4.03. The molecule has 2 aromatic carbocycles. The largest absolute Gasteiger partial charge is 0.494 e. The molecule has 4 rings (SSSR count). The molecule has 0 radical (unpaired) electrons. The maximum Gasteiger partial charge on any atom is 0.227 e. The topological polar surface area (TPSA) is 76.6 Å². The maximum atomic E-state index is 12.9. The van der Waals surface area contributed by atoms with Gasteiger partial charge in [-0.1, -0.05) is 23.7 Å². The highest BCUT2D eigenvalue weighted by atomic mass is 35.5. The maximum absolute atomic E-state index is 12.9. The second-order valence-corrected chi connectivity index (χ2v) is 7.85. The minimum absolute atomic E-state index is 0.00501. The van der Waals surface area contributed by atoms with Crippen LogP contribution in [0.2, 0.25) is 5.15 Å². The first-order valence-electron chi connectivity index (χ1n) is 10.7. The first-order valence-corrected chi connectivity index (χ1v) is 11.0. The van der Waals surface area contributed by atoms with Crippen molar-refractivity contribution in [3.63, 3.8) is 0 Å². The van der Waals surface area contributed by atoms with Crippen LogP contribution in [0.15, 0.2) is 60.7 Å². The van der Waals surface area contributed by atoms with E-state index in [9.17, 15) is 4.79 Å². The molecule has 1 saturated heterocycles. The van der Waals surface area contributed by atoms with E-state index in [0.29, 0.717) is 28.9 Å². The molecule has 3 aromatic rings. The zero-order valence-corrected chi connectivity index (χ0v) is 18.6. The lowest BCUT2D eigenvalue weighted by atomic mass is 9.95. The number of aromatic nitrogens is 2. The van der Waals surface area contributed by atoms with Gasteiger partial charge in [0.25, 0.3) is 0 Å². The fourth-order valence-electron chi connectivity index (χ4n) is 3.64. The number of para-hydroxylation sites is 2. The SMILES string of the molecule is CCOc1ccc(Oc2ccccc2NC(=O)C2CCN(c3ccc(Cl)nn3)CC2)cc1. The third-order valence-corrected chi connectivity index (χ3v) is 5.52. The lowest BCUT2D eigenvalue weighted by molar-refractivity contribution is -0.120. The highest BCUT2D eigenvalue weighted by Crippen LogP contribution is 2.31. The van der Waals surface area contributed by atoms with Crippen molar-refractivity contribution in [1.82, 2.24) is 10.2 Å². The van der Waals surface area contributed by atoms with E-state index in [2.05, 4.69) is 20.4 Å². The predicted molar refractivity (Wildman–Crippen MR) is 125 cm³/mol. The molecular weight excluding hydrogens is 428 g/mol. The summed E-state index contributed by atoms with van der Waals surface area (Å²) in [4.78, 5) is 15.1. The summed E-state index contributed by atoms with van der Waals surface area (Å²) in [6, 6.07) is 18.4. The van der Waals surface area contributed by atoms with Crippen molar-refractivity contribution in [2.45, 2.75) is 19.8 Å². The van der Waals surface area contributed by atoms with Crippen LogP contribution in [0.4, 0.5) is 11.5 Å². The Bertz CT molecular complexity index is 1040. The van der Waals surface area contributed by atoms with Crippen LogP contribution in [-0.2, 0) is 4.79 Å². The molecule has 1 aromatic heterocycles. The van der Waals surface area contributed by atoms with Crippen LogP contribution in [0, 0.1) is 5.92 Å². The van der Waals surface area contributed by atoms with Crippen molar-refractivity contribution < 1.29 is 14.3 Å². The van der Waals surface area contributed by atoms with E-state index in [1.54, 1.807) is 6.07 Å². The number of rotatable bonds is 7. The van der Waals surface area contributed by atoms with Gasteiger partial charge >= 0.3 is 0 Å². The molecule has 0 aliphatic carbocycles. The summed E-state index contributed by atoms with van der Waals surface area (Å²) in [5, 5.41) is 11.4. The molecule has 0 unspecified atom stereocenters. The second-order valence-electron chi connectivity index (χ2n) is 7.47. The smallest absolute Gasteiger partial charge is 0.227 e. The standard InChI is InChI=1S/C24H25ClN4O3/c1-2-31-18-7-9-19(10-8-18)32-21-6-4-3-5-20(21)26-24(30)17-13-15-29(16-14-17)23-12-11-22(25)27-28-23/h3-12,17H,2,13-16H2,1H3,(H,26,30). The van der Waals surface area contributed by atoms with Crippen molar-refractivity contribution in [1.29, 1.82) is 0 Å². The van der Waals surface area contributed by atoms with Crippen molar-refractivity contribution >= 4 is 29.0 Å². The van der Waals surface area contributed by atoms with Gasteiger partial charge in [0.05, 0.1) is 12.3 Å².